The predicted molar refractivity (Wildman–Crippen MR) is 93.4 cm³/mol. The molecule has 1 aromatic carbocycles. The Morgan fingerprint density at radius 1 is 1.32 bits per heavy atom. The third-order valence-corrected chi connectivity index (χ3v) is 6.00. The molecule has 1 fully saturated rings. The number of aliphatic hydroxyl groups excluding tert-OH is 1. The van der Waals surface area contributed by atoms with E-state index < -0.39 is 22.0 Å². The standard InChI is InChI=1S/C17H26N2O5S/c1-24-12-10-17(8-9-17)13-18-16(21)15(7-11-20)19-25(22,23)14-5-3-2-4-6-14/h2-6,15,19-20H,7-13H2,1H3,(H,18,21). The molecular formula is C17H26N2O5S. The van der Waals surface area contributed by atoms with Crippen molar-refractivity contribution in [1.82, 2.24) is 10.0 Å². The van der Waals surface area contributed by atoms with Gasteiger partial charge in [-0.25, -0.2) is 8.42 Å². The molecule has 0 spiro atoms. The van der Waals surface area contributed by atoms with Crippen LogP contribution in [0.2, 0.25) is 0 Å². The highest BCUT2D eigenvalue weighted by atomic mass is 32.2. The van der Waals surface area contributed by atoms with Crippen LogP contribution in [0.5, 0.6) is 0 Å². The van der Waals surface area contributed by atoms with Gasteiger partial charge in [0.1, 0.15) is 6.04 Å². The molecule has 0 aromatic heterocycles. The Morgan fingerprint density at radius 3 is 2.56 bits per heavy atom. The zero-order valence-electron chi connectivity index (χ0n) is 14.4. The monoisotopic (exact) mass is 370 g/mol. The van der Waals surface area contributed by atoms with Crippen LogP contribution in [0.25, 0.3) is 0 Å². The van der Waals surface area contributed by atoms with E-state index in [1.54, 1.807) is 25.3 Å². The molecule has 7 nitrogen and oxygen atoms in total. The van der Waals surface area contributed by atoms with Crippen LogP contribution < -0.4 is 10.0 Å². The second-order valence-electron chi connectivity index (χ2n) is 6.46. The highest BCUT2D eigenvalue weighted by molar-refractivity contribution is 7.89. The molecule has 25 heavy (non-hydrogen) atoms. The molecular weight excluding hydrogens is 344 g/mol. The highest BCUT2D eigenvalue weighted by Gasteiger charge is 2.42. The minimum Gasteiger partial charge on any atom is -0.396 e. The highest BCUT2D eigenvalue weighted by Crippen LogP contribution is 2.48. The van der Waals surface area contributed by atoms with E-state index in [9.17, 15) is 18.3 Å². The number of rotatable bonds is 11. The molecule has 140 valence electrons. The van der Waals surface area contributed by atoms with E-state index in [1.165, 1.54) is 12.1 Å². The van der Waals surface area contributed by atoms with E-state index in [2.05, 4.69) is 10.0 Å². The topological polar surface area (TPSA) is 105 Å². The maximum Gasteiger partial charge on any atom is 0.241 e. The third-order valence-electron chi connectivity index (χ3n) is 4.52. The number of aliphatic hydroxyl groups is 1. The van der Waals surface area contributed by atoms with Crippen molar-refractivity contribution in [3.8, 4) is 0 Å². The molecule has 1 amide bonds. The molecule has 0 bridgehead atoms. The number of carbonyl (C=O) groups is 1. The Kier molecular flexibility index (Phi) is 6.95. The summed E-state index contributed by atoms with van der Waals surface area (Å²) in [6, 6.07) is 6.85. The molecule has 0 heterocycles. The fraction of sp³-hybridized carbons (Fsp3) is 0.588. The van der Waals surface area contributed by atoms with Crippen molar-refractivity contribution < 1.29 is 23.1 Å². The summed E-state index contributed by atoms with van der Waals surface area (Å²) in [5.74, 6) is -0.419. The normalized spacial score (nSPS) is 17.0. The van der Waals surface area contributed by atoms with Crippen molar-refractivity contribution >= 4 is 15.9 Å². The summed E-state index contributed by atoms with van der Waals surface area (Å²) in [5.41, 5.74) is 0.0632. The first-order chi connectivity index (χ1) is 11.9. The van der Waals surface area contributed by atoms with Gasteiger partial charge < -0.3 is 15.2 Å². The largest absolute Gasteiger partial charge is 0.396 e. The van der Waals surface area contributed by atoms with Crippen LogP contribution >= 0.6 is 0 Å². The minimum absolute atomic E-state index is 0.0168. The lowest BCUT2D eigenvalue weighted by Crippen LogP contribution is -2.48. The number of hydrogen-bond donors (Lipinski definition) is 3. The number of carbonyl (C=O) groups excluding carboxylic acids is 1. The summed E-state index contributed by atoms with van der Waals surface area (Å²) in [6.45, 7) is 0.838. The van der Waals surface area contributed by atoms with Gasteiger partial charge in [0.2, 0.25) is 15.9 Å². The van der Waals surface area contributed by atoms with Crippen molar-refractivity contribution in [3.63, 3.8) is 0 Å². The van der Waals surface area contributed by atoms with Gasteiger partial charge in [0, 0.05) is 26.9 Å². The van der Waals surface area contributed by atoms with Crippen molar-refractivity contribution in [2.24, 2.45) is 5.41 Å². The Hall–Kier alpha value is -1.48. The molecule has 1 aromatic rings. The van der Waals surface area contributed by atoms with E-state index in [4.69, 9.17) is 4.74 Å². The number of hydrogen-bond acceptors (Lipinski definition) is 5. The molecule has 0 radical (unpaired) electrons. The SMILES string of the molecule is COCCC1(CNC(=O)C(CCO)NS(=O)(=O)c2ccccc2)CC1. The fourth-order valence-corrected chi connectivity index (χ4v) is 3.89. The van der Waals surface area contributed by atoms with E-state index in [0.29, 0.717) is 13.2 Å². The molecule has 1 unspecified atom stereocenters. The predicted octanol–water partition coefficient (Wildman–Crippen LogP) is 0.649. The first-order valence-electron chi connectivity index (χ1n) is 8.37. The van der Waals surface area contributed by atoms with Gasteiger partial charge in [-0.2, -0.15) is 4.72 Å². The summed E-state index contributed by atoms with van der Waals surface area (Å²) in [7, 11) is -2.18. The smallest absolute Gasteiger partial charge is 0.241 e. The second kappa shape index (κ2) is 8.75. The molecule has 1 aliphatic rings. The quantitative estimate of drug-likeness (QED) is 0.530. The molecule has 1 saturated carbocycles. The van der Waals surface area contributed by atoms with Gasteiger partial charge in [-0.15, -0.1) is 0 Å². The Morgan fingerprint density at radius 2 is 2.00 bits per heavy atom. The van der Waals surface area contributed by atoms with Crippen molar-refractivity contribution in [3.05, 3.63) is 30.3 Å². The minimum atomic E-state index is -3.82. The van der Waals surface area contributed by atoms with Crippen LogP contribution in [-0.4, -0.2) is 52.3 Å². The van der Waals surface area contributed by atoms with Gasteiger partial charge in [-0.3, -0.25) is 4.79 Å². The third kappa shape index (κ3) is 5.78. The lowest BCUT2D eigenvalue weighted by atomic mass is 10.0. The first-order valence-corrected chi connectivity index (χ1v) is 9.86. The maximum absolute atomic E-state index is 12.4. The van der Waals surface area contributed by atoms with Crippen LogP contribution in [-0.2, 0) is 19.6 Å². The zero-order chi connectivity index (χ0) is 18.3. The van der Waals surface area contributed by atoms with Crippen LogP contribution in [0.1, 0.15) is 25.7 Å². The maximum atomic E-state index is 12.4. The van der Waals surface area contributed by atoms with Gasteiger partial charge in [0.25, 0.3) is 0 Å². The summed E-state index contributed by atoms with van der Waals surface area (Å²) in [4.78, 5) is 12.5. The second-order valence-corrected chi connectivity index (χ2v) is 8.17. The molecule has 1 atom stereocenters. The lowest BCUT2D eigenvalue weighted by Gasteiger charge is -2.20. The Bertz CT molecular complexity index is 659. The van der Waals surface area contributed by atoms with Crippen LogP contribution in [0.4, 0.5) is 0 Å². The van der Waals surface area contributed by atoms with Crippen LogP contribution in [0, 0.1) is 5.41 Å². The summed E-state index contributed by atoms with van der Waals surface area (Å²) >= 11 is 0. The number of benzene rings is 1. The van der Waals surface area contributed by atoms with Gasteiger partial charge in [-0.05, 0) is 43.2 Å². The van der Waals surface area contributed by atoms with Crippen molar-refractivity contribution in [2.45, 2.75) is 36.6 Å². The Balaban J connectivity index is 1.96. The number of methoxy groups -OCH3 is 1. The van der Waals surface area contributed by atoms with Crippen LogP contribution in [0.3, 0.4) is 0 Å². The summed E-state index contributed by atoms with van der Waals surface area (Å²) < 4.78 is 32.2. The zero-order valence-corrected chi connectivity index (χ0v) is 15.2. The van der Waals surface area contributed by atoms with E-state index in [1.807, 2.05) is 0 Å². The first kappa shape index (κ1) is 19.8. The average Bonchev–Trinajstić information content (AvgIpc) is 3.38. The van der Waals surface area contributed by atoms with Crippen LogP contribution in [0.15, 0.2) is 35.2 Å². The van der Waals surface area contributed by atoms with E-state index in [0.717, 1.165) is 19.3 Å². The van der Waals surface area contributed by atoms with Gasteiger partial charge in [0.05, 0.1) is 4.90 Å². The number of sulfonamides is 1. The van der Waals surface area contributed by atoms with Gasteiger partial charge in [0.15, 0.2) is 0 Å². The molecule has 3 N–H and O–H groups in total. The molecule has 1 aliphatic carbocycles. The summed E-state index contributed by atoms with van der Waals surface area (Å²) in [5, 5.41) is 12.0. The number of nitrogens with one attached hydrogen (secondary N) is 2. The molecule has 8 heteroatoms. The van der Waals surface area contributed by atoms with E-state index in [-0.39, 0.29) is 23.3 Å². The average molecular weight is 370 g/mol. The van der Waals surface area contributed by atoms with Crippen molar-refractivity contribution in [2.75, 3.05) is 26.9 Å². The summed E-state index contributed by atoms with van der Waals surface area (Å²) in [6.07, 6.45) is 2.93. The number of ether oxygens (including phenoxy) is 1. The number of amides is 1. The molecule has 0 aliphatic heterocycles. The van der Waals surface area contributed by atoms with Crippen molar-refractivity contribution in [1.29, 1.82) is 0 Å². The molecule has 2 rings (SSSR count). The fourth-order valence-electron chi connectivity index (χ4n) is 2.64. The Labute approximate surface area is 148 Å². The van der Waals surface area contributed by atoms with Gasteiger partial charge in [-0.1, -0.05) is 18.2 Å². The lowest BCUT2D eigenvalue weighted by molar-refractivity contribution is -0.123. The van der Waals surface area contributed by atoms with Gasteiger partial charge >= 0.3 is 0 Å². The van der Waals surface area contributed by atoms with E-state index >= 15 is 0 Å². The molecule has 0 saturated heterocycles.